The molecule has 7 nitrogen and oxygen atoms in total. The minimum atomic E-state index is -3.64. The molecule has 2 aromatic carbocycles. The maximum absolute atomic E-state index is 12.5. The highest BCUT2D eigenvalue weighted by molar-refractivity contribution is 7.89. The number of hydrogen-bond acceptors (Lipinski definition) is 4. The van der Waals surface area contributed by atoms with E-state index >= 15 is 0 Å². The first-order chi connectivity index (χ1) is 13.3. The zero-order valence-corrected chi connectivity index (χ0v) is 17.0. The number of nitrogens with one attached hydrogen (secondary N) is 2. The maximum Gasteiger partial charge on any atom is 0.255 e. The van der Waals surface area contributed by atoms with Gasteiger partial charge in [-0.25, -0.2) is 13.1 Å². The summed E-state index contributed by atoms with van der Waals surface area (Å²) in [6, 6.07) is 12.4. The first-order valence-corrected chi connectivity index (χ1v) is 10.6. The van der Waals surface area contributed by atoms with Gasteiger partial charge in [0.2, 0.25) is 10.0 Å². The Hall–Kier alpha value is -2.71. The van der Waals surface area contributed by atoms with Gasteiger partial charge in [0.25, 0.3) is 11.8 Å². The van der Waals surface area contributed by atoms with Gasteiger partial charge >= 0.3 is 0 Å². The lowest BCUT2D eigenvalue weighted by Crippen LogP contribution is -2.30. The van der Waals surface area contributed by atoms with Crippen molar-refractivity contribution in [2.24, 2.45) is 0 Å². The molecule has 0 spiro atoms. The smallest absolute Gasteiger partial charge is 0.255 e. The highest BCUT2D eigenvalue weighted by Gasteiger charge is 2.16. The summed E-state index contributed by atoms with van der Waals surface area (Å²) in [6.07, 6.45) is 0. The molecule has 28 heavy (non-hydrogen) atoms. The van der Waals surface area contributed by atoms with Crippen molar-refractivity contribution in [2.45, 2.75) is 25.7 Å². The molecule has 0 saturated carbocycles. The van der Waals surface area contributed by atoms with Crippen molar-refractivity contribution in [2.75, 3.05) is 25.0 Å². The Balaban J connectivity index is 2.14. The van der Waals surface area contributed by atoms with Crippen LogP contribution in [0.3, 0.4) is 0 Å². The Labute approximate surface area is 165 Å². The number of carbonyl (C=O) groups excluding carboxylic acids is 2. The van der Waals surface area contributed by atoms with E-state index in [0.29, 0.717) is 24.3 Å². The molecule has 0 heterocycles. The molecule has 0 aromatic heterocycles. The molecule has 0 aliphatic rings. The van der Waals surface area contributed by atoms with Crippen LogP contribution in [0.25, 0.3) is 0 Å². The zero-order valence-electron chi connectivity index (χ0n) is 16.2. The summed E-state index contributed by atoms with van der Waals surface area (Å²) in [5.74, 6) is -0.499. The summed E-state index contributed by atoms with van der Waals surface area (Å²) in [6.45, 7) is 7.03. The Morgan fingerprint density at radius 1 is 0.929 bits per heavy atom. The monoisotopic (exact) mass is 403 g/mol. The predicted molar refractivity (Wildman–Crippen MR) is 109 cm³/mol. The van der Waals surface area contributed by atoms with Crippen molar-refractivity contribution < 1.29 is 18.0 Å². The van der Waals surface area contributed by atoms with Gasteiger partial charge in [0.15, 0.2) is 0 Å². The second kappa shape index (κ2) is 9.48. The van der Waals surface area contributed by atoms with Gasteiger partial charge in [-0.3, -0.25) is 9.59 Å². The Morgan fingerprint density at radius 2 is 1.57 bits per heavy atom. The van der Waals surface area contributed by atoms with Crippen molar-refractivity contribution in [1.82, 2.24) is 9.62 Å². The fourth-order valence-corrected chi connectivity index (χ4v) is 3.76. The topological polar surface area (TPSA) is 95.6 Å². The van der Waals surface area contributed by atoms with Crippen molar-refractivity contribution in [3.63, 3.8) is 0 Å². The summed E-state index contributed by atoms with van der Waals surface area (Å²) in [5.41, 5.74) is 1.28. The minimum Gasteiger partial charge on any atom is -0.339 e. The molecule has 0 unspecified atom stereocenters. The molecule has 0 fully saturated rings. The van der Waals surface area contributed by atoms with Crippen molar-refractivity contribution in [3.8, 4) is 0 Å². The second-order valence-electron chi connectivity index (χ2n) is 6.04. The van der Waals surface area contributed by atoms with Gasteiger partial charge in [-0.05, 0) is 56.3 Å². The summed E-state index contributed by atoms with van der Waals surface area (Å²) in [5, 5.41) is 2.71. The first kappa shape index (κ1) is 21.6. The molecule has 0 saturated heterocycles. The number of benzene rings is 2. The van der Waals surface area contributed by atoms with Gasteiger partial charge in [0.1, 0.15) is 0 Å². The van der Waals surface area contributed by atoms with Crippen LogP contribution in [0.1, 0.15) is 41.5 Å². The molecule has 0 atom stereocenters. The lowest BCUT2D eigenvalue weighted by Gasteiger charge is -2.18. The second-order valence-corrected chi connectivity index (χ2v) is 7.81. The highest BCUT2D eigenvalue weighted by Crippen LogP contribution is 2.15. The van der Waals surface area contributed by atoms with Crippen LogP contribution in [0.5, 0.6) is 0 Å². The van der Waals surface area contributed by atoms with Gasteiger partial charge in [-0.1, -0.05) is 13.0 Å². The van der Waals surface area contributed by atoms with Gasteiger partial charge in [-0.2, -0.15) is 0 Å². The third-order valence-electron chi connectivity index (χ3n) is 4.18. The van der Waals surface area contributed by atoms with Crippen LogP contribution in [0.2, 0.25) is 0 Å². The third-order valence-corrected chi connectivity index (χ3v) is 5.72. The van der Waals surface area contributed by atoms with Gasteiger partial charge < -0.3 is 10.2 Å². The molecule has 2 amide bonds. The number of hydrogen-bond donors (Lipinski definition) is 2. The maximum atomic E-state index is 12.5. The zero-order chi connectivity index (χ0) is 20.7. The molecule has 2 aromatic rings. The number of rotatable bonds is 8. The van der Waals surface area contributed by atoms with Crippen molar-refractivity contribution in [3.05, 3.63) is 59.7 Å². The lowest BCUT2D eigenvalue weighted by molar-refractivity contribution is 0.0773. The summed E-state index contributed by atoms with van der Waals surface area (Å²) < 4.78 is 26.6. The van der Waals surface area contributed by atoms with Crippen LogP contribution in [0.4, 0.5) is 5.69 Å². The summed E-state index contributed by atoms with van der Waals surface area (Å²) in [7, 11) is -3.64. The molecular formula is C20H25N3O4S. The average molecular weight is 404 g/mol. The number of carbonyl (C=O) groups is 2. The van der Waals surface area contributed by atoms with E-state index in [1.165, 1.54) is 18.2 Å². The Morgan fingerprint density at radius 3 is 2.14 bits per heavy atom. The van der Waals surface area contributed by atoms with E-state index in [1.807, 2.05) is 13.8 Å². The van der Waals surface area contributed by atoms with Crippen LogP contribution in [-0.2, 0) is 10.0 Å². The minimum absolute atomic E-state index is 0.0298. The van der Waals surface area contributed by atoms with E-state index in [1.54, 1.807) is 42.2 Å². The molecule has 2 N–H and O–H groups in total. The van der Waals surface area contributed by atoms with Crippen LogP contribution in [-0.4, -0.2) is 44.8 Å². The molecule has 0 bridgehead atoms. The Kier molecular flexibility index (Phi) is 7.31. The molecular weight excluding hydrogens is 378 g/mol. The van der Waals surface area contributed by atoms with Crippen LogP contribution in [0, 0.1) is 0 Å². The van der Waals surface area contributed by atoms with E-state index < -0.39 is 15.9 Å². The van der Waals surface area contributed by atoms with Gasteiger partial charge in [0.05, 0.1) is 4.90 Å². The van der Waals surface area contributed by atoms with E-state index in [-0.39, 0.29) is 22.9 Å². The van der Waals surface area contributed by atoms with Gasteiger partial charge in [0, 0.05) is 36.4 Å². The third kappa shape index (κ3) is 5.17. The molecule has 0 aliphatic carbocycles. The predicted octanol–water partition coefficient (Wildman–Crippen LogP) is 2.72. The normalized spacial score (nSPS) is 11.1. The molecule has 2 rings (SSSR count). The standard InChI is InChI=1S/C20H25N3O4S/c1-4-21-28(26,27)18-9-7-8-16(14-18)19(24)22-17-12-10-15(11-13-17)20(25)23(5-2)6-3/h7-14,21H,4-6H2,1-3H3,(H,22,24). The number of anilines is 1. The highest BCUT2D eigenvalue weighted by atomic mass is 32.2. The fourth-order valence-electron chi connectivity index (χ4n) is 2.67. The van der Waals surface area contributed by atoms with Crippen LogP contribution >= 0.6 is 0 Å². The SMILES string of the molecule is CCNS(=O)(=O)c1cccc(C(=O)Nc2ccc(C(=O)N(CC)CC)cc2)c1. The van der Waals surface area contributed by atoms with E-state index in [9.17, 15) is 18.0 Å². The van der Waals surface area contributed by atoms with E-state index in [4.69, 9.17) is 0 Å². The number of amides is 2. The van der Waals surface area contributed by atoms with E-state index in [0.717, 1.165) is 0 Å². The summed E-state index contributed by atoms with van der Waals surface area (Å²) >= 11 is 0. The molecule has 150 valence electrons. The largest absolute Gasteiger partial charge is 0.339 e. The van der Waals surface area contributed by atoms with Crippen molar-refractivity contribution >= 4 is 27.5 Å². The first-order valence-electron chi connectivity index (χ1n) is 9.12. The van der Waals surface area contributed by atoms with Crippen LogP contribution < -0.4 is 10.0 Å². The lowest BCUT2D eigenvalue weighted by atomic mass is 10.1. The fraction of sp³-hybridized carbons (Fsp3) is 0.300. The van der Waals surface area contributed by atoms with E-state index in [2.05, 4.69) is 10.0 Å². The van der Waals surface area contributed by atoms with Crippen LogP contribution in [0.15, 0.2) is 53.4 Å². The van der Waals surface area contributed by atoms with Gasteiger partial charge in [-0.15, -0.1) is 0 Å². The summed E-state index contributed by atoms with van der Waals surface area (Å²) in [4.78, 5) is 26.5. The average Bonchev–Trinajstić information content (AvgIpc) is 2.69. The number of nitrogens with zero attached hydrogens (tertiary/aromatic N) is 1. The molecule has 0 radical (unpaired) electrons. The molecule has 0 aliphatic heterocycles. The Bertz CT molecular complexity index is 936. The molecule has 8 heteroatoms. The number of sulfonamides is 1. The van der Waals surface area contributed by atoms with Crippen molar-refractivity contribution in [1.29, 1.82) is 0 Å². The quantitative estimate of drug-likeness (QED) is 0.708.